The van der Waals surface area contributed by atoms with Crippen molar-refractivity contribution in [3.05, 3.63) is 35.7 Å². The number of tetrazole rings is 1. The summed E-state index contributed by atoms with van der Waals surface area (Å²) in [5.41, 5.74) is 1.10. The molecule has 1 aromatic carbocycles. The van der Waals surface area contributed by atoms with Gasteiger partial charge in [-0.1, -0.05) is 25.1 Å². The van der Waals surface area contributed by atoms with E-state index >= 15 is 0 Å². The minimum Gasteiger partial charge on any atom is -0.485 e. The molecule has 2 aromatic rings. The van der Waals surface area contributed by atoms with E-state index in [2.05, 4.69) is 15.4 Å². The molecule has 0 unspecified atom stereocenters. The molecule has 2 rings (SSSR count). The van der Waals surface area contributed by atoms with Gasteiger partial charge in [-0.15, -0.1) is 10.2 Å². The smallest absolute Gasteiger partial charge is 0.327 e. The van der Waals surface area contributed by atoms with Crippen LogP contribution in [0.5, 0.6) is 5.75 Å². The Morgan fingerprint density at radius 3 is 2.95 bits per heavy atom. The summed E-state index contributed by atoms with van der Waals surface area (Å²) in [7, 11) is 0. The van der Waals surface area contributed by atoms with E-state index in [1.165, 1.54) is 0 Å². The van der Waals surface area contributed by atoms with Crippen LogP contribution in [0.2, 0.25) is 0 Å². The molecule has 7 nitrogen and oxygen atoms in total. The van der Waals surface area contributed by atoms with Gasteiger partial charge in [-0.05, 0) is 23.3 Å². The molecule has 19 heavy (non-hydrogen) atoms. The van der Waals surface area contributed by atoms with Gasteiger partial charge in [0.15, 0.2) is 13.2 Å². The Bertz CT molecular complexity index is 568. The first kappa shape index (κ1) is 13.0. The number of para-hydroxylation sites is 1. The molecule has 0 fully saturated rings. The van der Waals surface area contributed by atoms with Gasteiger partial charge in [0, 0.05) is 0 Å². The van der Waals surface area contributed by atoms with Crippen LogP contribution in [0.25, 0.3) is 0 Å². The SMILES string of the molecule is CCc1ccccc1OCc1nnn(CC(=O)O)n1. The van der Waals surface area contributed by atoms with Crippen molar-refractivity contribution in [1.29, 1.82) is 0 Å². The summed E-state index contributed by atoms with van der Waals surface area (Å²) in [6.45, 7) is 1.90. The van der Waals surface area contributed by atoms with Gasteiger partial charge in [-0.2, -0.15) is 4.80 Å². The Balaban J connectivity index is 1.98. The van der Waals surface area contributed by atoms with Crippen molar-refractivity contribution in [2.45, 2.75) is 26.5 Å². The van der Waals surface area contributed by atoms with E-state index in [1.807, 2.05) is 31.2 Å². The van der Waals surface area contributed by atoms with Gasteiger partial charge in [-0.3, -0.25) is 4.79 Å². The normalized spacial score (nSPS) is 10.4. The van der Waals surface area contributed by atoms with E-state index in [0.717, 1.165) is 22.5 Å². The average molecular weight is 262 g/mol. The number of carboxylic acid groups (broad SMARTS) is 1. The lowest BCUT2D eigenvalue weighted by Crippen LogP contribution is -2.12. The minimum absolute atomic E-state index is 0.163. The molecule has 0 saturated heterocycles. The van der Waals surface area contributed by atoms with E-state index in [1.54, 1.807) is 0 Å². The average Bonchev–Trinajstić information content (AvgIpc) is 2.83. The molecule has 0 atom stereocenters. The molecular weight excluding hydrogens is 248 g/mol. The highest BCUT2D eigenvalue weighted by molar-refractivity contribution is 5.66. The summed E-state index contributed by atoms with van der Waals surface area (Å²) in [6.07, 6.45) is 0.870. The predicted octanol–water partition coefficient (Wildman–Crippen LogP) is 0.899. The van der Waals surface area contributed by atoms with Gasteiger partial charge >= 0.3 is 5.97 Å². The number of aliphatic carboxylic acids is 1. The highest BCUT2D eigenvalue weighted by atomic mass is 16.5. The number of benzene rings is 1. The lowest BCUT2D eigenvalue weighted by Gasteiger charge is -2.07. The molecule has 1 aromatic heterocycles. The van der Waals surface area contributed by atoms with E-state index in [-0.39, 0.29) is 13.2 Å². The van der Waals surface area contributed by atoms with Crippen LogP contribution in [0.1, 0.15) is 18.3 Å². The Kier molecular flexibility index (Phi) is 4.07. The number of aryl methyl sites for hydroxylation is 1. The fraction of sp³-hybridized carbons (Fsp3) is 0.333. The van der Waals surface area contributed by atoms with Crippen LogP contribution in [0.3, 0.4) is 0 Å². The van der Waals surface area contributed by atoms with E-state index in [9.17, 15) is 4.79 Å². The summed E-state index contributed by atoms with van der Waals surface area (Å²) in [4.78, 5) is 11.5. The third kappa shape index (κ3) is 3.51. The van der Waals surface area contributed by atoms with Crippen molar-refractivity contribution >= 4 is 5.97 Å². The minimum atomic E-state index is -1.01. The van der Waals surface area contributed by atoms with Crippen molar-refractivity contribution in [3.63, 3.8) is 0 Å². The highest BCUT2D eigenvalue weighted by Crippen LogP contribution is 2.18. The summed E-state index contributed by atoms with van der Waals surface area (Å²) in [5, 5.41) is 19.9. The van der Waals surface area contributed by atoms with Gasteiger partial charge in [-0.25, -0.2) is 0 Å². The Morgan fingerprint density at radius 2 is 2.21 bits per heavy atom. The van der Waals surface area contributed by atoms with Crippen molar-refractivity contribution in [1.82, 2.24) is 20.2 Å². The molecule has 7 heteroatoms. The number of carbonyl (C=O) groups is 1. The molecular formula is C12H14N4O3. The summed E-state index contributed by atoms with van der Waals surface area (Å²) < 4.78 is 5.61. The Hall–Kier alpha value is -2.44. The number of ether oxygens (including phenoxy) is 1. The number of rotatable bonds is 6. The molecule has 1 N–H and O–H groups in total. The zero-order valence-electron chi connectivity index (χ0n) is 10.5. The van der Waals surface area contributed by atoms with Gasteiger partial charge < -0.3 is 9.84 Å². The summed E-state index contributed by atoms with van der Waals surface area (Å²) in [6, 6.07) is 7.71. The summed E-state index contributed by atoms with van der Waals surface area (Å²) in [5.74, 6) is 0.118. The van der Waals surface area contributed by atoms with Crippen LogP contribution in [-0.2, 0) is 24.4 Å². The number of carboxylic acids is 1. The maximum atomic E-state index is 10.5. The van der Waals surface area contributed by atoms with Crippen molar-refractivity contribution in [2.24, 2.45) is 0 Å². The first-order chi connectivity index (χ1) is 9.19. The predicted molar refractivity (Wildman–Crippen MR) is 65.6 cm³/mol. The molecule has 100 valence electrons. The number of nitrogens with zero attached hydrogens (tertiary/aromatic N) is 4. The molecule has 0 aliphatic heterocycles. The molecule has 0 radical (unpaired) electrons. The van der Waals surface area contributed by atoms with E-state index in [0.29, 0.717) is 5.82 Å². The van der Waals surface area contributed by atoms with Crippen molar-refractivity contribution in [2.75, 3.05) is 0 Å². The maximum absolute atomic E-state index is 10.5. The standard InChI is InChI=1S/C12H14N4O3/c1-2-9-5-3-4-6-10(9)19-8-11-13-15-16(14-11)7-12(17)18/h3-6H,2,7-8H2,1H3,(H,17,18). The molecule has 0 spiro atoms. The molecule has 0 aliphatic rings. The number of hydrogen-bond donors (Lipinski definition) is 1. The van der Waals surface area contributed by atoms with Gasteiger partial charge in [0.05, 0.1) is 0 Å². The topological polar surface area (TPSA) is 90.1 Å². The first-order valence-corrected chi connectivity index (χ1v) is 5.88. The number of aromatic nitrogens is 4. The molecule has 0 saturated carbocycles. The van der Waals surface area contributed by atoms with Crippen LogP contribution >= 0.6 is 0 Å². The third-order valence-electron chi connectivity index (χ3n) is 2.48. The lowest BCUT2D eigenvalue weighted by molar-refractivity contribution is -0.138. The fourth-order valence-electron chi connectivity index (χ4n) is 1.60. The van der Waals surface area contributed by atoms with Crippen LogP contribution in [-0.4, -0.2) is 31.3 Å². The van der Waals surface area contributed by atoms with Gasteiger partial charge in [0.2, 0.25) is 5.82 Å². The largest absolute Gasteiger partial charge is 0.485 e. The quantitative estimate of drug-likeness (QED) is 0.831. The first-order valence-electron chi connectivity index (χ1n) is 5.88. The lowest BCUT2D eigenvalue weighted by atomic mass is 10.1. The van der Waals surface area contributed by atoms with Crippen LogP contribution in [0, 0.1) is 0 Å². The monoisotopic (exact) mass is 262 g/mol. The molecule has 0 bridgehead atoms. The van der Waals surface area contributed by atoms with Crippen LogP contribution < -0.4 is 4.74 Å². The zero-order chi connectivity index (χ0) is 13.7. The van der Waals surface area contributed by atoms with Gasteiger partial charge in [0.1, 0.15) is 5.75 Å². The molecule has 1 heterocycles. The third-order valence-corrected chi connectivity index (χ3v) is 2.48. The van der Waals surface area contributed by atoms with Crippen molar-refractivity contribution in [3.8, 4) is 5.75 Å². The molecule has 0 amide bonds. The van der Waals surface area contributed by atoms with E-state index in [4.69, 9.17) is 9.84 Å². The second-order valence-corrected chi connectivity index (χ2v) is 3.88. The second-order valence-electron chi connectivity index (χ2n) is 3.88. The van der Waals surface area contributed by atoms with E-state index < -0.39 is 5.97 Å². The maximum Gasteiger partial charge on any atom is 0.327 e. The fourth-order valence-corrected chi connectivity index (χ4v) is 1.60. The second kappa shape index (κ2) is 5.94. The summed E-state index contributed by atoms with van der Waals surface area (Å²) >= 11 is 0. The zero-order valence-corrected chi connectivity index (χ0v) is 10.5. The Morgan fingerprint density at radius 1 is 1.42 bits per heavy atom. The highest BCUT2D eigenvalue weighted by Gasteiger charge is 2.07. The number of hydrogen-bond acceptors (Lipinski definition) is 5. The van der Waals surface area contributed by atoms with Crippen LogP contribution in [0.15, 0.2) is 24.3 Å². The van der Waals surface area contributed by atoms with Crippen LogP contribution in [0.4, 0.5) is 0 Å². The van der Waals surface area contributed by atoms with Crippen molar-refractivity contribution < 1.29 is 14.6 Å². The Labute approximate surface area is 109 Å². The molecule has 0 aliphatic carbocycles. The van der Waals surface area contributed by atoms with Gasteiger partial charge in [0.25, 0.3) is 0 Å².